The minimum Gasteiger partial charge on any atom is -0.497 e. The predicted molar refractivity (Wildman–Crippen MR) is 145 cm³/mol. The summed E-state index contributed by atoms with van der Waals surface area (Å²) in [6, 6.07) is 15.2. The van der Waals surface area contributed by atoms with Crippen LogP contribution in [0.3, 0.4) is 0 Å². The Bertz CT molecular complexity index is 1390. The summed E-state index contributed by atoms with van der Waals surface area (Å²) in [6.45, 7) is 4.46. The van der Waals surface area contributed by atoms with E-state index < -0.39 is 5.92 Å². The maximum Gasteiger partial charge on any atom is 0.231 e. The van der Waals surface area contributed by atoms with Crippen molar-refractivity contribution in [3.63, 3.8) is 0 Å². The van der Waals surface area contributed by atoms with Gasteiger partial charge in [0.15, 0.2) is 23.1 Å². The van der Waals surface area contributed by atoms with Crippen molar-refractivity contribution < 1.29 is 23.8 Å². The van der Waals surface area contributed by atoms with Crippen molar-refractivity contribution in [3.05, 3.63) is 69.9 Å². The Kier molecular flexibility index (Phi) is 7.09. The van der Waals surface area contributed by atoms with Gasteiger partial charge in [0.1, 0.15) is 5.75 Å². The Hall–Kier alpha value is -3.90. The monoisotopic (exact) mass is 531 g/mol. The van der Waals surface area contributed by atoms with Crippen molar-refractivity contribution in [2.45, 2.75) is 32.6 Å². The van der Waals surface area contributed by atoms with Crippen LogP contribution in [0.5, 0.6) is 17.2 Å². The minimum atomic E-state index is -0.491. The third-order valence-corrected chi connectivity index (χ3v) is 7.89. The molecule has 2 aromatic rings. The van der Waals surface area contributed by atoms with E-state index in [-0.39, 0.29) is 36.1 Å². The molecule has 1 atom stereocenters. The van der Waals surface area contributed by atoms with Gasteiger partial charge in [0, 0.05) is 29.4 Å². The van der Waals surface area contributed by atoms with Gasteiger partial charge >= 0.3 is 0 Å². The molecule has 0 saturated carbocycles. The Balaban J connectivity index is 1.36. The third kappa shape index (κ3) is 5.22. The molecule has 0 radical (unpaired) electrons. The molecule has 0 spiro atoms. The molecule has 2 N–H and O–H groups in total. The second kappa shape index (κ2) is 10.5. The normalized spacial score (nSPS) is 19.4. The van der Waals surface area contributed by atoms with Crippen LogP contribution in [0.2, 0.25) is 0 Å². The first-order valence-corrected chi connectivity index (χ1v) is 13.4. The van der Waals surface area contributed by atoms with E-state index in [1.807, 2.05) is 30.3 Å². The summed E-state index contributed by atoms with van der Waals surface area (Å²) in [5.74, 6) is 1.72. The molecule has 0 aromatic heterocycles. The molecule has 38 heavy (non-hydrogen) atoms. The number of carbonyl (C=O) groups is 2. The number of anilines is 1. The van der Waals surface area contributed by atoms with Gasteiger partial charge < -0.3 is 24.8 Å². The van der Waals surface area contributed by atoms with Crippen molar-refractivity contribution >= 4 is 29.0 Å². The van der Waals surface area contributed by atoms with Gasteiger partial charge in [-0.2, -0.15) is 5.26 Å². The summed E-state index contributed by atoms with van der Waals surface area (Å²) in [6.07, 6.45) is 1.11. The highest BCUT2D eigenvalue weighted by Crippen LogP contribution is 2.48. The lowest BCUT2D eigenvalue weighted by Gasteiger charge is -2.39. The van der Waals surface area contributed by atoms with Crippen LogP contribution in [0.4, 0.5) is 5.69 Å². The van der Waals surface area contributed by atoms with Crippen LogP contribution in [0, 0.1) is 16.7 Å². The molecule has 196 valence electrons. The van der Waals surface area contributed by atoms with E-state index in [0.29, 0.717) is 46.3 Å². The van der Waals surface area contributed by atoms with Gasteiger partial charge in [0.2, 0.25) is 6.79 Å². The second-order valence-electron chi connectivity index (χ2n) is 10.3. The number of nitriles is 1. The highest BCUT2D eigenvalue weighted by molar-refractivity contribution is 8.03. The lowest BCUT2D eigenvalue weighted by molar-refractivity contribution is -0.118. The highest BCUT2D eigenvalue weighted by atomic mass is 32.2. The fraction of sp³-hybridized carbons (Fsp3) is 0.345. The summed E-state index contributed by atoms with van der Waals surface area (Å²) >= 11 is 1.30. The molecule has 3 aliphatic rings. The second-order valence-corrected chi connectivity index (χ2v) is 11.3. The number of fused-ring (bicyclic) bond motifs is 1. The molecule has 0 fully saturated rings. The Morgan fingerprint density at radius 2 is 1.95 bits per heavy atom. The Labute approximate surface area is 226 Å². The van der Waals surface area contributed by atoms with Crippen LogP contribution in [0.1, 0.15) is 38.2 Å². The number of thioether (sulfide) groups is 1. The number of nitrogens with zero attached hydrogens (tertiary/aromatic N) is 1. The molecule has 2 aromatic carbocycles. The number of hydrogen-bond acceptors (Lipinski definition) is 9. The molecule has 8 nitrogen and oxygen atoms in total. The molecule has 0 saturated heterocycles. The number of methoxy groups -OCH3 is 1. The van der Waals surface area contributed by atoms with Crippen molar-refractivity contribution in [1.82, 2.24) is 5.32 Å². The van der Waals surface area contributed by atoms with Crippen molar-refractivity contribution in [3.8, 4) is 23.3 Å². The van der Waals surface area contributed by atoms with Gasteiger partial charge in [-0.15, -0.1) is 0 Å². The predicted octanol–water partition coefficient (Wildman–Crippen LogP) is 4.90. The largest absolute Gasteiger partial charge is 0.497 e. The SMILES string of the molecule is COc1ccc([C@@H]2C(C#N)=C(SCC(=O)CNc3ccc4c(c3)OCO4)NC3=C2C(=O)CC(C)(C)C3)cc1. The molecule has 1 aliphatic carbocycles. The maximum absolute atomic E-state index is 13.3. The summed E-state index contributed by atoms with van der Waals surface area (Å²) in [5, 5.41) is 17.3. The minimum absolute atomic E-state index is 0.0277. The third-order valence-electron chi connectivity index (χ3n) is 6.82. The fourth-order valence-electron chi connectivity index (χ4n) is 5.03. The molecule has 9 heteroatoms. The number of nitrogens with one attached hydrogen (secondary N) is 2. The van der Waals surface area contributed by atoms with Crippen molar-refractivity contribution in [2.24, 2.45) is 5.41 Å². The van der Waals surface area contributed by atoms with Gasteiger partial charge in [-0.05, 0) is 41.7 Å². The standard InChI is InChI=1S/C29H29N3O5S/c1-29(2)11-22-27(23(34)12-29)26(17-4-7-20(35-3)8-5-17)21(13-30)28(32-22)38-15-19(33)14-31-18-6-9-24-25(10-18)37-16-36-24/h4-10,26,31-32H,11-12,14-16H2,1-3H3/t26-/m1/s1. The fourth-order valence-corrected chi connectivity index (χ4v) is 5.95. The number of benzene rings is 2. The lowest BCUT2D eigenvalue weighted by Crippen LogP contribution is -2.37. The molecule has 2 aliphatic heterocycles. The number of Topliss-reactive ketones (excluding diaryl/α,β-unsaturated/α-hetero) is 2. The van der Waals surface area contributed by atoms with Crippen LogP contribution >= 0.6 is 11.8 Å². The molecule has 0 bridgehead atoms. The average Bonchev–Trinajstić information content (AvgIpc) is 3.37. The zero-order valence-electron chi connectivity index (χ0n) is 21.6. The van der Waals surface area contributed by atoms with E-state index in [9.17, 15) is 14.9 Å². The van der Waals surface area contributed by atoms with Crippen molar-refractivity contribution in [1.29, 1.82) is 5.26 Å². The first kappa shape index (κ1) is 25.7. The van der Waals surface area contributed by atoms with E-state index >= 15 is 0 Å². The number of carbonyl (C=O) groups excluding carboxylic acids is 2. The maximum atomic E-state index is 13.3. The Morgan fingerprint density at radius 3 is 2.68 bits per heavy atom. The first-order valence-electron chi connectivity index (χ1n) is 12.4. The van der Waals surface area contributed by atoms with Gasteiger partial charge in [0.25, 0.3) is 0 Å². The molecular weight excluding hydrogens is 502 g/mol. The van der Waals surface area contributed by atoms with Gasteiger partial charge in [-0.25, -0.2) is 0 Å². The van der Waals surface area contributed by atoms with Crippen LogP contribution in [0.15, 0.2) is 64.3 Å². The number of rotatable bonds is 8. The molecule has 0 amide bonds. The van der Waals surface area contributed by atoms with Crippen LogP contribution in [0.25, 0.3) is 0 Å². The summed E-state index contributed by atoms with van der Waals surface area (Å²) in [5.41, 5.74) is 3.34. The van der Waals surface area contributed by atoms with Crippen LogP contribution < -0.4 is 24.8 Å². The van der Waals surface area contributed by atoms with Crippen LogP contribution in [-0.4, -0.2) is 37.8 Å². The van der Waals surface area contributed by atoms with E-state index in [2.05, 4.69) is 30.6 Å². The molecular formula is C29H29N3O5S. The lowest BCUT2D eigenvalue weighted by atomic mass is 9.69. The average molecular weight is 532 g/mol. The van der Waals surface area contributed by atoms with E-state index in [4.69, 9.17) is 14.2 Å². The van der Waals surface area contributed by atoms with Gasteiger partial charge in [-0.1, -0.05) is 37.7 Å². The van der Waals surface area contributed by atoms with E-state index in [0.717, 1.165) is 16.9 Å². The quantitative estimate of drug-likeness (QED) is 0.491. The van der Waals surface area contributed by atoms with Gasteiger partial charge in [0.05, 0.1) is 42.0 Å². The highest BCUT2D eigenvalue weighted by Gasteiger charge is 2.42. The first-order chi connectivity index (χ1) is 18.3. The van der Waals surface area contributed by atoms with Crippen LogP contribution in [-0.2, 0) is 9.59 Å². The number of dihydropyridines is 1. The zero-order chi connectivity index (χ0) is 26.9. The van der Waals surface area contributed by atoms with E-state index in [1.165, 1.54) is 11.8 Å². The number of hydrogen-bond donors (Lipinski definition) is 2. The molecule has 2 heterocycles. The van der Waals surface area contributed by atoms with E-state index in [1.54, 1.807) is 19.2 Å². The number of ketones is 2. The topological polar surface area (TPSA) is 110 Å². The Morgan fingerprint density at radius 1 is 1.18 bits per heavy atom. The number of ether oxygens (including phenoxy) is 3. The van der Waals surface area contributed by atoms with Crippen molar-refractivity contribution in [2.75, 3.05) is 31.5 Å². The smallest absolute Gasteiger partial charge is 0.231 e. The zero-order valence-corrected chi connectivity index (χ0v) is 22.4. The number of allylic oxidation sites excluding steroid dienone is 3. The summed E-state index contributed by atoms with van der Waals surface area (Å²) in [4.78, 5) is 26.1. The molecule has 0 unspecified atom stereocenters. The summed E-state index contributed by atoms with van der Waals surface area (Å²) < 4.78 is 16.0. The molecule has 5 rings (SSSR count). The van der Waals surface area contributed by atoms with Gasteiger partial charge in [-0.3, -0.25) is 9.59 Å². The summed E-state index contributed by atoms with van der Waals surface area (Å²) in [7, 11) is 1.60.